The molecule has 1 aromatic heterocycles. The third-order valence-electron chi connectivity index (χ3n) is 4.27. The van der Waals surface area contributed by atoms with Crippen molar-refractivity contribution in [1.82, 2.24) is 4.98 Å². The van der Waals surface area contributed by atoms with Gasteiger partial charge in [0.1, 0.15) is 11.6 Å². The van der Waals surface area contributed by atoms with Crippen molar-refractivity contribution in [2.24, 2.45) is 0 Å². The molecule has 2 aromatic carbocycles. The molecule has 120 valence electrons. The Hall–Kier alpha value is -2.59. The summed E-state index contributed by atoms with van der Waals surface area (Å²) in [5.41, 5.74) is 2.38. The molecule has 0 saturated carbocycles. The van der Waals surface area contributed by atoms with Gasteiger partial charge >= 0.3 is 0 Å². The molecule has 0 spiro atoms. The molecule has 1 aliphatic rings. The number of amides is 1. The average molecular weight is 339 g/mol. The van der Waals surface area contributed by atoms with Crippen molar-refractivity contribution >= 4 is 34.2 Å². The number of para-hydroxylation sites is 1. The number of aromatic nitrogens is 1. The minimum Gasteiger partial charge on any atom is -0.497 e. The van der Waals surface area contributed by atoms with Crippen molar-refractivity contribution in [1.29, 1.82) is 0 Å². The van der Waals surface area contributed by atoms with Crippen LogP contribution in [0.25, 0.3) is 10.9 Å². The first-order valence-corrected chi connectivity index (χ1v) is 8.09. The molecule has 3 aromatic rings. The number of benzene rings is 2. The van der Waals surface area contributed by atoms with Gasteiger partial charge in [0.2, 0.25) is 0 Å². The Morgan fingerprint density at radius 3 is 2.88 bits per heavy atom. The van der Waals surface area contributed by atoms with E-state index in [1.807, 2.05) is 30.3 Å². The Bertz CT molecular complexity index is 955. The predicted molar refractivity (Wildman–Crippen MR) is 95.1 cm³/mol. The van der Waals surface area contributed by atoms with Crippen LogP contribution < -0.4 is 9.64 Å². The lowest BCUT2D eigenvalue weighted by Crippen LogP contribution is -2.29. The molecule has 0 radical (unpaired) electrons. The van der Waals surface area contributed by atoms with Gasteiger partial charge in [0, 0.05) is 17.5 Å². The van der Waals surface area contributed by atoms with Gasteiger partial charge in [0.25, 0.3) is 5.91 Å². The Balaban J connectivity index is 1.77. The maximum Gasteiger partial charge on any atom is 0.259 e. The third-order valence-corrected chi connectivity index (χ3v) is 4.58. The summed E-state index contributed by atoms with van der Waals surface area (Å²) in [4.78, 5) is 19.3. The standard InChI is InChI=1S/C19H15ClN2O2/c1-24-15-6-2-5-14(11-15)19(23)22-9-8-13-10-12-4-3-7-16(20)17(12)21-18(13)22/h2-7,10-11H,8-9H2,1H3. The fourth-order valence-corrected chi connectivity index (χ4v) is 3.29. The highest BCUT2D eigenvalue weighted by Gasteiger charge is 2.28. The summed E-state index contributed by atoms with van der Waals surface area (Å²) in [6, 6.07) is 14.9. The second kappa shape index (κ2) is 5.80. The van der Waals surface area contributed by atoms with Gasteiger partial charge in [-0.1, -0.05) is 29.8 Å². The SMILES string of the molecule is COc1cccc(C(=O)N2CCc3cc4cccc(Cl)c4nc32)c1. The molecule has 0 saturated heterocycles. The van der Waals surface area contributed by atoms with Gasteiger partial charge in [0.05, 0.1) is 17.6 Å². The van der Waals surface area contributed by atoms with Gasteiger partial charge in [-0.3, -0.25) is 9.69 Å². The van der Waals surface area contributed by atoms with Crippen molar-refractivity contribution in [2.45, 2.75) is 6.42 Å². The van der Waals surface area contributed by atoms with Gasteiger partial charge < -0.3 is 4.74 Å². The van der Waals surface area contributed by atoms with E-state index in [1.54, 1.807) is 24.1 Å². The topological polar surface area (TPSA) is 42.4 Å². The van der Waals surface area contributed by atoms with Crippen LogP contribution in [-0.4, -0.2) is 24.5 Å². The lowest BCUT2D eigenvalue weighted by molar-refractivity contribution is 0.0988. The van der Waals surface area contributed by atoms with E-state index in [0.29, 0.717) is 28.7 Å². The quantitative estimate of drug-likeness (QED) is 0.706. The fraction of sp³-hybridized carbons (Fsp3) is 0.158. The van der Waals surface area contributed by atoms with Gasteiger partial charge in [-0.2, -0.15) is 0 Å². The number of hydrogen-bond donors (Lipinski definition) is 0. The maximum absolute atomic E-state index is 12.9. The van der Waals surface area contributed by atoms with Crippen molar-refractivity contribution < 1.29 is 9.53 Å². The summed E-state index contributed by atoms with van der Waals surface area (Å²) in [5, 5.41) is 1.59. The Morgan fingerprint density at radius 1 is 1.21 bits per heavy atom. The van der Waals surface area contributed by atoms with Gasteiger partial charge in [-0.25, -0.2) is 4.98 Å². The Kier molecular flexibility index (Phi) is 3.62. The van der Waals surface area contributed by atoms with E-state index >= 15 is 0 Å². The minimum absolute atomic E-state index is 0.0773. The lowest BCUT2D eigenvalue weighted by atomic mass is 10.1. The number of halogens is 1. The highest BCUT2D eigenvalue weighted by molar-refractivity contribution is 6.35. The molecule has 4 rings (SSSR count). The Morgan fingerprint density at radius 2 is 2.04 bits per heavy atom. The molecule has 0 unspecified atom stereocenters. The van der Waals surface area contributed by atoms with Crippen LogP contribution in [0.1, 0.15) is 15.9 Å². The molecule has 1 aliphatic heterocycles. The summed E-state index contributed by atoms with van der Waals surface area (Å²) in [6.45, 7) is 0.617. The van der Waals surface area contributed by atoms with Crippen molar-refractivity contribution in [3.05, 3.63) is 64.7 Å². The number of nitrogens with zero attached hydrogens (tertiary/aromatic N) is 2. The number of carbonyl (C=O) groups excluding carboxylic acids is 1. The van der Waals surface area contributed by atoms with E-state index in [-0.39, 0.29) is 5.91 Å². The largest absolute Gasteiger partial charge is 0.497 e. The number of hydrogen-bond acceptors (Lipinski definition) is 3. The summed E-state index contributed by atoms with van der Waals surface area (Å²) in [5.74, 6) is 1.28. The van der Waals surface area contributed by atoms with Crippen LogP contribution in [0.2, 0.25) is 5.02 Å². The fourth-order valence-electron chi connectivity index (χ4n) is 3.06. The first kappa shape index (κ1) is 15.0. The number of carbonyl (C=O) groups is 1. The van der Waals surface area contributed by atoms with E-state index in [4.69, 9.17) is 16.3 Å². The van der Waals surface area contributed by atoms with E-state index in [0.717, 1.165) is 22.9 Å². The Labute approximate surface area is 144 Å². The molecule has 2 heterocycles. The number of rotatable bonds is 2. The molecule has 5 heteroatoms. The van der Waals surface area contributed by atoms with Crippen LogP contribution in [0.4, 0.5) is 5.82 Å². The van der Waals surface area contributed by atoms with Crippen LogP contribution in [0.15, 0.2) is 48.5 Å². The maximum atomic E-state index is 12.9. The molecule has 24 heavy (non-hydrogen) atoms. The molecular formula is C19H15ClN2O2. The molecule has 1 amide bonds. The van der Waals surface area contributed by atoms with Crippen LogP contribution in [-0.2, 0) is 6.42 Å². The monoisotopic (exact) mass is 338 g/mol. The van der Waals surface area contributed by atoms with Crippen molar-refractivity contribution in [2.75, 3.05) is 18.6 Å². The zero-order valence-corrected chi connectivity index (χ0v) is 13.9. The smallest absolute Gasteiger partial charge is 0.259 e. The highest BCUT2D eigenvalue weighted by atomic mass is 35.5. The summed E-state index contributed by atoms with van der Waals surface area (Å²) in [6.07, 6.45) is 0.792. The second-order valence-electron chi connectivity index (χ2n) is 5.72. The second-order valence-corrected chi connectivity index (χ2v) is 6.13. The third kappa shape index (κ3) is 2.39. The molecule has 0 fully saturated rings. The molecule has 4 nitrogen and oxygen atoms in total. The number of methoxy groups -OCH3 is 1. The minimum atomic E-state index is -0.0773. The summed E-state index contributed by atoms with van der Waals surface area (Å²) < 4.78 is 5.21. The van der Waals surface area contributed by atoms with Crippen molar-refractivity contribution in [3.8, 4) is 5.75 Å². The predicted octanol–water partition coefficient (Wildman–Crippen LogP) is 4.10. The molecule has 0 atom stereocenters. The van der Waals surface area contributed by atoms with E-state index in [1.165, 1.54) is 0 Å². The molecule has 0 aliphatic carbocycles. The zero-order valence-electron chi connectivity index (χ0n) is 13.1. The number of ether oxygens (including phenoxy) is 1. The van der Waals surface area contributed by atoms with Crippen LogP contribution >= 0.6 is 11.6 Å². The summed E-state index contributed by atoms with van der Waals surface area (Å²) >= 11 is 6.26. The average Bonchev–Trinajstić information content (AvgIpc) is 3.03. The van der Waals surface area contributed by atoms with Gasteiger partial charge in [0.15, 0.2) is 0 Å². The van der Waals surface area contributed by atoms with E-state index in [2.05, 4.69) is 11.1 Å². The number of anilines is 1. The van der Waals surface area contributed by atoms with Crippen LogP contribution in [0.5, 0.6) is 5.75 Å². The normalized spacial score (nSPS) is 13.2. The molecule has 0 bridgehead atoms. The number of fused-ring (bicyclic) bond motifs is 2. The first-order valence-electron chi connectivity index (χ1n) is 7.71. The van der Waals surface area contributed by atoms with Gasteiger partial charge in [-0.15, -0.1) is 0 Å². The van der Waals surface area contributed by atoms with Crippen molar-refractivity contribution in [3.63, 3.8) is 0 Å². The summed E-state index contributed by atoms with van der Waals surface area (Å²) in [7, 11) is 1.59. The lowest BCUT2D eigenvalue weighted by Gasteiger charge is -2.17. The zero-order chi connectivity index (χ0) is 16.7. The molecular weight excluding hydrogens is 324 g/mol. The van der Waals surface area contributed by atoms with E-state index in [9.17, 15) is 4.79 Å². The molecule has 0 N–H and O–H groups in total. The van der Waals surface area contributed by atoms with Gasteiger partial charge in [-0.05, 0) is 42.3 Å². The number of pyridine rings is 1. The highest BCUT2D eigenvalue weighted by Crippen LogP contribution is 2.33. The van der Waals surface area contributed by atoms with Crippen LogP contribution in [0.3, 0.4) is 0 Å². The van der Waals surface area contributed by atoms with Crippen LogP contribution in [0, 0.1) is 0 Å². The van der Waals surface area contributed by atoms with E-state index < -0.39 is 0 Å². The first-order chi connectivity index (χ1) is 11.7.